The molecular formula is C32H51N3O4. The van der Waals surface area contributed by atoms with Crippen molar-refractivity contribution in [3.05, 3.63) is 59.7 Å². The van der Waals surface area contributed by atoms with Gasteiger partial charge >= 0.3 is 5.97 Å². The number of nitrogens with one attached hydrogen (secondary N) is 2. The number of nitrogens with zero attached hydrogens (tertiary/aromatic N) is 1. The number of carbonyl (C=O) groups excluding carboxylic acids is 3. The van der Waals surface area contributed by atoms with Crippen LogP contribution in [0.3, 0.4) is 0 Å². The summed E-state index contributed by atoms with van der Waals surface area (Å²) >= 11 is 0. The number of hydrogen-bond donors (Lipinski definition) is 2. The van der Waals surface area contributed by atoms with Gasteiger partial charge in [0, 0.05) is 12.5 Å². The molecule has 1 unspecified atom stereocenters. The smallest absolute Gasteiger partial charge is 0.309 e. The van der Waals surface area contributed by atoms with Crippen molar-refractivity contribution in [1.82, 2.24) is 15.5 Å². The van der Waals surface area contributed by atoms with Gasteiger partial charge in [-0.25, -0.2) is 0 Å². The number of hydrogen-bond acceptors (Lipinski definition) is 5. The van der Waals surface area contributed by atoms with E-state index in [-0.39, 0.29) is 36.2 Å². The Morgan fingerprint density at radius 3 is 2.10 bits per heavy atom. The fourth-order valence-corrected chi connectivity index (χ4v) is 4.72. The van der Waals surface area contributed by atoms with Crippen LogP contribution in [-0.2, 0) is 24.5 Å². The Morgan fingerprint density at radius 2 is 1.62 bits per heavy atom. The summed E-state index contributed by atoms with van der Waals surface area (Å²) in [5, 5.41) is 6.27. The van der Waals surface area contributed by atoms with Gasteiger partial charge in [-0.3, -0.25) is 14.4 Å². The molecule has 1 aromatic rings. The molecule has 0 aliphatic heterocycles. The molecule has 0 heterocycles. The zero-order valence-corrected chi connectivity index (χ0v) is 25.9. The quantitative estimate of drug-likeness (QED) is 0.270. The van der Waals surface area contributed by atoms with Crippen LogP contribution in [0.25, 0.3) is 0 Å². The highest BCUT2D eigenvalue weighted by Gasteiger charge is 2.41. The number of carbonyl (C=O) groups is 3. The predicted octanol–water partition coefficient (Wildman–Crippen LogP) is 5.02. The van der Waals surface area contributed by atoms with Crippen LogP contribution in [0.4, 0.5) is 0 Å². The molecule has 2 amide bonds. The number of benzene rings is 1. The van der Waals surface area contributed by atoms with Crippen molar-refractivity contribution < 1.29 is 19.1 Å². The predicted molar refractivity (Wildman–Crippen MR) is 159 cm³/mol. The van der Waals surface area contributed by atoms with E-state index in [2.05, 4.69) is 24.5 Å². The molecule has 0 spiro atoms. The van der Waals surface area contributed by atoms with Gasteiger partial charge in [0.1, 0.15) is 6.04 Å². The summed E-state index contributed by atoms with van der Waals surface area (Å²) < 4.78 is 4.97. The second-order valence-corrected chi connectivity index (χ2v) is 12.1. The monoisotopic (exact) mass is 541 g/mol. The van der Waals surface area contributed by atoms with Crippen LogP contribution in [-0.4, -0.2) is 61.5 Å². The average molecular weight is 542 g/mol. The van der Waals surface area contributed by atoms with Gasteiger partial charge in [-0.05, 0) is 37.8 Å². The van der Waals surface area contributed by atoms with E-state index in [9.17, 15) is 14.4 Å². The van der Waals surface area contributed by atoms with Crippen LogP contribution in [0.5, 0.6) is 0 Å². The van der Waals surface area contributed by atoms with Crippen LogP contribution in [0.15, 0.2) is 54.1 Å². The topological polar surface area (TPSA) is 87.7 Å². The zero-order chi connectivity index (χ0) is 30.0. The maximum atomic E-state index is 13.9. The molecule has 7 nitrogen and oxygen atoms in total. The van der Waals surface area contributed by atoms with Gasteiger partial charge in [0.15, 0.2) is 0 Å². The minimum Gasteiger partial charge on any atom is -0.466 e. The van der Waals surface area contributed by atoms with E-state index in [0.717, 1.165) is 11.1 Å². The molecule has 7 heteroatoms. The normalized spacial score (nSPS) is 15.1. The molecule has 0 saturated heterocycles. The molecule has 0 aliphatic rings. The number of ether oxygens (including phenoxy) is 1. The van der Waals surface area contributed by atoms with Crippen LogP contribution in [0, 0.1) is 11.3 Å². The van der Waals surface area contributed by atoms with Gasteiger partial charge < -0.3 is 20.3 Å². The first-order valence-corrected chi connectivity index (χ1v) is 13.9. The third-order valence-electron chi connectivity index (χ3n) is 7.07. The highest BCUT2D eigenvalue weighted by molar-refractivity contribution is 5.91. The lowest BCUT2D eigenvalue weighted by atomic mass is 9.76. The lowest BCUT2D eigenvalue weighted by Gasteiger charge is -2.40. The van der Waals surface area contributed by atoms with Crippen LogP contribution in [0.1, 0.15) is 74.3 Å². The molecule has 218 valence electrons. The van der Waals surface area contributed by atoms with Gasteiger partial charge in [-0.15, -0.1) is 0 Å². The summed E-state index contributed by atoms with van der Waals surface area (Å²) in [7, 11) is 3.56. The Kier molecular flexibility index (Phi) is 13.1. The molecule has 1 rings (SSSR count). The minimum atomic E-state index is -0.730. The first kappa shape index (κ1) is 34.1. The lowest BCUT2D eigenvalue weighted by Crippen LogP contribution is -2.61. The number of esters is 1. The minimum absolute atomic E-state index is 0.130. The van der Waals surface area contributed by atoms with Crippen LogP contribution in [0.2, 0.25) is 0 Å². The van der Waals surface area contributed by atoms with E-state index < -0.39 is 22.9 Å². The Hall–Kier alpha value is -2.93. The molecular weight excluding hydrogens is 490 g/mol. The Balaban J connectivity index is 3.20. The summed E-state index contributed by atoms with van der Waals surface area (Å²) in [6.45, 7) is 18.1. The van der Waals surface area contributed by atoms with Crippen molar-refractivity contribution in [2.45, 2.75) is 92.3 Å². The molecule has 39 heavy (non-hydrogen) atoms. The van der Waals surface area contributed by atoms with Crippen molar-refractivity contribution in [2.75, 3.05) is 20.7 Å². The van der Waals surface area contributed by atoms with Crippen LogP contribution < -0.4 is 10.6 Å². The summed E-state index contributed by atoms with van der Waals surface area (Å²) in [4.78, 5) is 41.0. The lowest BCUT2D eigenvalue weighted by molar-refractivity contribution is -0.142. The highest BCUT2D eigenvalue weighted by atomic mass is 16.5. The molecule has 3 atom stereocenters. The standard InChI is InChI=1S/C32H51N3O4/c1-12-39-26(36)20-16-17-23(4)21-25(22(2)3)35(11)30(38)28(31(5,6)7)34-29(37)27(33-10)32(8,9)24-18-14-13-15-19-24/h13-19,21-22,25,27-28,33H,12,20H2,1-11H3,(H,34,37)/b17-16+,23-21+/t25-,27-,28?/m1/s1. The van der Waals surface area contributed by atoms with Gasteiger partial charge in [0.2, 0.25) is 11.8 Å². The van der Waals surface area contributed by atoms with Gasteiger partial charge in [0.25, 0.3) is 0 Å². The molecule has 0 saturated carbocycles. The Morgan fingerprint density at radius 1 is 1.03 bits per heavy atom. The molecule has 0 aromatic heterocycles. The van der Waals surface area contributed by atoms with Crippen molar-refractivity contribution in [3.63, 3.8) is 0 Å². The van der Waals surface area contributed by atoms with Crippen molar-refractivity contribution in [1.29, 1.82) is 0 Å². The van der Waals surface area contributed by atoms with E-state index in [1.165, 1.54) is 0 Å². The Bertz CT molecular complexity index is 1010. The zero-order valence-electron chi connectivity index (χ0n) is 25.9. The molecule has 2 N–H and O–H groups in total. The van der Waals surface area contributed by atoms with E-state index >= 15 is 0 Å². The van der Waals surface area contributed by atoms with Crippen molar-refractivity contribution >= 4 is 17.8 Å². The molecule has 0 bridgehead atoms. The second kappa shape index (κ2) is 15.0. The number of amides is 2. The average Bonchev–Trinajstić information content (AvgIpc) is 2.85. The van der Waals surface area contributed by atoms with Gasteiger partial charge in [-0.2, -0.15) is 0 Å². The maximum Gasteiger partial charge on any atom is 0.309 e. The van der Waals surface area contributed by atoms with E-state index in [1.54, 1.807) is 32.0 Å². The summed E-state index contributed by atoms with van der Waals surface area (Å²) in [6, 6.07) is 8.43. The third kappa shape index (κ3) is 9.95. The fraction of sp³-hybridized carbons (Fsp3) is 0.594. The number of likely N-dealkylation sites (N-methyl/N-ethyl adjacent to an activating group) is 2. The molecule has 0 radical (unpaired) electrons. The first-order chi connectivity index (χ1) is 18.1. The van der Waals surface area contributed by atoms with Crippen molar-refractivity contribution in [3.8, 4) is 0 Å². The second-order valence-electron chi connectivity index (χ2n) is 12.1. The highest BCUT2D eigenvalue weighted by Crippen LogP contribution is 2.29. The molecule has 1 aromatic carbocycles. The van der Waals surface area contributed by atoms with E-state index in [0.29, 0.717) is 6.61 Å². The Labute approximate surface area is 236 Å². The summed E-state index contributed by atoms with van der Waals surface area (Å²) in [5.74, 6) is -0.511. The molecule has 0 aliphatic carbocycles. The van der Waals surface area contributed by atoms with Crippen LogP contribution >= 0.6 is 0 Å². The number of rotatable bonds is 13. The summed E-state index contributed by atoms with van der Waals surface area (Å²) in [5.41, 5.74) is 0.949. The fourth-order valence-electron chi connectivity index (χ4n) is 4.72. The van der Waals surface area contributed by atoms with Gasteiger partial charge in [-0.1, -0.05) is 103 Å². The maximum absolute atomic E-state index is 13.9. The summed E-state index contributed by atoms with van der Waals surface area (Å²) in [6.07, 6.45) is 5.87. The van der Waals surface area contributed by atoms with Crippen molar-refractivity contribution in [2.24, 2.45) is 11.3 Å². The van der Waals surface area contributed by atoms with Gasteiger partial charge in [0.05, 0.1) is 25.1 Å². The van der Waals surface area contributed by atoms with E-state index in [1.807, 2.05) is 84.0 Å². The van der Waals surface area contributed by atoms with E-state index in [4.69, 9.17) is 4.74 Å². The largest absolute Gasteiger partial charge is 0.466 e. The third-order valence-corrected chi connectivity index (χ3v) is 7.07. The number of allylic oxidation sites excluding steroid dienone is 2. The first-order valence-electron chi connectivity index (χ1n) is 13.9. The molecule has 0 fully saturated rings. The SMILES string of the molecule is CCOC(=O)C/C=C/C(C)=C/[C@H](C(C)C)N(C)C(=O)C(NC(=O)[C@@H](NC)C(C)(C)c1ccccc1)C(C)(C)C.